The highest BCUT2D eigenvalue weighted by Gasteiger charge is 2.27. The van der Waals surface area contributed by atoms with Crippen molar-refractivity contribution < 1.29 is 15.0 Å². The van der Waals surface area contributed by atoms with Crippen molar-refractivity contribution in [3.63, 3.8) is 0 Å². The van der Waals surface area contributed by atoms with Gasteiger partial charge in [0.2, 0.25) is 0 Å². The molecule has 5 nitrogen and oxygen atoms in total. The van der Waals surface area contributed by atoms with E-state index in [9.17, 15) is 9.90 Å². The highest BCUT2D eigenvalue weighted by Crippen LogP contribution is 2.31. The van der Waals surface area contributed by atoms with Gasteiger partial charge in [-0.15, -0.1) is 0 Å². The van der Waals surface area contributed by atoms with Crippen molar-refractivity contribution in [3.8, 4) is 0 Å². The first-order valence-electron chi connectivity index (χ1n) is 4.99. The second-order valence-electron chi connectivity index (χ2n) is 3.63. The van der Waals surface area contributed by atoms with Crippen LogP contribution in [0, 0.1) is 0 Å². The summed E-state index contributed by atoms with van der Waals surface area (Å²) in [4.78, 5) is 19.3. The minimum absolute atomic E-state index is 0.0541. The summed E-state index contributed by atoms with van der Waals surface area (Å²) in [6, 6.07) is 0. The van der Waals surface area contributed by atoms with Crippen molar-refractivity contribution in [1.29, 1.82) is 0 Å². The van der Waals surface area contributed by atoms with Crippen molar-refractivity contribution in [2.75, 3.05) is 6.26 Å². The number of carboxylic acids is 1. The van der Waals surface area contributed by atoms with Gasteiger partial charge in [0.1, 0.15) is 0 Å². The lowest BCUT2D eigenvalue weighted by atomic mass is 9.92. The van der Waals surface area contributed by atoms with Crippen molar-refractivity contribution >= 4 is 17.7 Å². The zero-order chi connectivity index (χ0) is 11.7. The van der Waals surface area contributed by atoms with Gasteiger partial charge in [-0.1, -0.05) is 11.8 Å². The Balaban J connectivity index is 2.61. The number of rotatable bonds is 2. The molecule has 0 bridgehead atoms. The number of hydrogen-bond donors (Lipinski definition) is 2. The van der Waals surface area contributed by atoms with E-state index < -0.39 is 12.1 Å². The standard InChI is InChI=1S/C10H12N2O3S/c1-16-10-11-5-3-2-4-6(13)7(5)8(12-10)9(14)15/h6,13H,2-4H2,1H3,(H,14,15). The van der Waals surface area contributed by atoms with Crippen molar-refractivity contribution in [2.45, 2.75) is 30.5 Å². The van der Waals surface area contributed by atoms with Gasteiger partial charge in [-0.2, -0.15) is 0 Å². The van der Waals surface area contributed by atoms with Gasteiger partial charge in [0.05, 0.1) is 11.8 Å². The van der Waals surface area contributed by atoms with Crippen LogP contribution in [-0.2, 0) is 6.42 Å². The predicted molar refractivity (Wildman–Crippen MR) is 58.7 cm³/mol. The average Bonchev–Trinajstić information content (AvgIpc) is 2.27. The van der Waals surface area contributed by atoms with E-state index in [4.69, 9.17) is 5.11 Å². The number of aryl methyl sites for hydroxylation is 1. The first kappa shape index (κ1) is 11.3. The summed E-state index contributed by atoms with van der Waals surface area (Å²) in [5.41, 5.74) is 1.02. The molecule has 86 valence electrons. The molecule has 1 unspecified atom stereocenters. The van der Waals surface area contributed by atoms with Gasteiger partial charge in [-0.3, -0.25) is 0 Å². The molecule has 0 saturated carbocycles. The molecule has 0 aliphatic heterocycles. The summed E-state index contributed by atoms with van der Waals surface area (Å²) in [5, 5.41) is 19.3. The van der Waals surface area contributed by atoms with Gasteiger partial charge in [0.15, 0.2) is 10.9 Å². The molecule has 1 aromatic rings. The topological polar surface area (TPSA) is 83.3 Å². The van der Waals surface area contributed by atoms with Crippen LogP contribution >= 0.6 is 11.8 Å². The number of nitrogens with zero attached hydrogens (tertiary/aromatic N) is 2. The van der Waals surface area contributed by atoms with Gasteiger partial charge in [0.25, 0.3) is 0 Å². The molecule has 2 N–H and O–H groups in total. The molecule has 0 radical (unpaired) electrons. The van der Waals surface area contributed by atoms with Crippen LogP contribution in [0.5, 0.6) is 0 Å². The zero-order valence-corrected chi connectivity index (χ0v) is 9.62. The van der Waals surface area contributed by atoms with E-state index in [1.807, 2.05) is 0 Å². The summed E-state index contributed by atoms with van der Waals surface area (Å²) in [6.45, 7) is 0. The van der Waals surface area contributed by atoms with E-state index in [-0.39, 0.29) is 5.69 Å². The third kappa shape index (κ3) is 1.90. The lowest BCUT2D eigenvalue weighted by Gasteiger charge is -2.21. The molecule has 1 heterocycles. The summed E-state index contributed by atoms with van der Waals surface area (Å²) in [6.07, 6.45) is 3.17. The molecule has 0 saturated heterocycles. The van der Waals surface area contributed by atoms with Gasteiger partial charge in [-0.05, 0) is 25.5 Å². The van der Waals surface area contributed by atoms with Crippen LogP contribution in [0.15, 0.2) is 5.16 Å². The molecule has 0 fully saturated rings. The number of aromatic carboxylic acids is 1. The molecule has 0 amide bonds. The molecule has 2 rings (SSSR count). The van der Waals surface area contributed by atoms with Gasteiger partial charge < -0.3 is 10.2 Å². The normalized spacial score (nSPS) is 19.2. The van der Waals surface area contributed by atoms with Crippen LogP contribution in [0.1, 0.15) is 40.7 Å². The van der Waals surface area contributed by atoms with E-state index >= 15 is 0 Å². The minimum atomic E-state index is -1.10. The summed E-state index contributed by atoms with van der Waals surface area (Å²) < 4.78 is 0. The Bertz CT molecular complexity index is 436. The quantitative estimate of drug-likeness (QED) is 0.598. The van der Waals surface area contributed by atoms with Crippen LogP contribution in [0.25, 0.3) is 0 Å². The Morgan fingerprint density at radius 1 is 1.50 bits per heavy atom. The molecule has 1 atom stereocenters. The first-order valence-corrected chi connectivity index (χ1v) is 6.22. The van der Waals surface area contributed by atoms with Gasteiger partial charge in [-0.25, -0.2) is 14.8 Å². The van der Waals surface area contributed by atoms with Crippen molar-refractivity contribution in [2.24, 2.45) is 0 Å². The van der Waals surface area contributed by atoms with Gasteiger partial charge >= 0.3 is 5.97 Å². The van der Waals surface area contributed by atoms with E-state index in [2.05, 4.69) is 9.97 Å². The van der Waals surface area contributed by atoms with E-state index in [0.717, 1.165) is 6.42 Å². The monoisotopic (exact) mass is 240 g/mol. The highest BCUT2D eigenvalue weighted by atomic mass is 32.2. The van der Waals surface area contributed by atoms with E-state index in [1.54, 1.807) is 6.26 Å². The number of hydrogen-bond acceptors (Lipinski definition) is 5. The number of carboxylic acid groups (broad SMARTS) is 1. The molecule has 1 aliphatic rings. The van der Waals surface area contributed by atoms with Crippen LogP contribution in [0.2, 0.25) is 0 Å². The van der Waals surface area contributed by atoms with Crippen LogP contribution in [0.3, 0.4) is 0 Å². The summed E-state index contributed by atoms with van der Waals surface area (Å²) in [7, 11) is 0. The fourth-order valence-corrected chi connectivity index (χ4v) is 2.28. The number of aliphatic hydroxyl groups excluding tert-OH is 1. The maximum Gasteiger partial charge on any atom is 0.355 e. The minimum Gasteiger partial charge on any atom is -0.476 e. The fourth-order valence-electron chi connectivity index (χ4n) is 1.90. The second-order valence-corrected chi connectivity index (χ2v) is 4.41. The van der Waals surface area contributed by atoms with Gasteiger partial charge in [0, 0.05) is 5.56 Å². The smallest absolute Gasteiger partial charge is 0.355 e. The maximum atomic E-state index is 11.1. The van der Waals surface area contributed by atoms with Crippen LogP contribution in [0.4, 0.5) is 0 Å². The van der Waals surface area contributed by atoms with E-state index in [0.29, 0.717) is 29.3 Å². The Morgan fingerprint density at radius 3 is 2.88 bits per heavy atom. The lowest BCUT2D eigenvalue weighted by Crippen LogP contribution is -2.19. The average molecular weight is 240 g/mol. The largest absolute Gasteiger partial charge is 0.476 e. The molecular weight excluding hydrogens is 228 g/mol. The van der Waals surface area contributed by atoms with Crippen molar-refractivity contribution in [1.82, 2.24) is 9.97 Å². The number of thioether (sulfide) groups is 1. The fraction of sp³-hybridized carbons (Fsp3) is 0.500. The van der Waals surface area contributed by atoms with Crippen LogP contribution in [-0.4, -0.2) is 32.4 Å². The number of carbonyl (C=O) groups is 1. The Morgan fingerprint density at radius 2 is 2.25 bits per heavy atom. The molecule has 1 aromatic heterocycles. The number of aromatic nitrogens is 2. The molecule has 6 heteroatoms. The molecule has 1 aliphatic carbocycles. The Kier molecular flexibility index (Phi) is 3.11. The molecule has 0 aromatic carbocycles. The summed E-state index contributed by atoms with van der Waals surface area (Å²) >= 11 is 1.31. The Hall–Kier alpha value is -1.14. The first-order chi connectivity index (χ1) is 7.63. The third-order valence-corrected chi connectivity index (χ3v) is 3.16. The van der Waals surface area contributed by atoms with Crippen LogP contribution < -0.4 is 0 Å². The molecule has 0 spiro atoms. The Labute approximate surface area is 96.9 Å². The third-order valence-electron chi connectivity index (χ3n) is 2.61. The summed E-state index contributed by atoms with van der Waals surface area (Å²) in [5.74, 6) is -1.10. The van der Waals surface area contributed by atoms with E-state index in [1.165, 1.54) is 11.8 Å². The second kappa shape index (κ2) is 4.39. The number of fused-ring (bicyclic) bond motifs is 1. The predicted octanol–water partition coefficient (Wildman–Crippen LogP) is 1.27. The lowest BCUT2D eigenvalue weighted by molar-refractivity contribution is 0.0676. The maximum absolute atomic E-state index is 11.1. The van der Waals surface area contributed by atoms with Crippen molar-refractivity contribution in [3.05, 3.63) is 17.0 Å². The molecule has 16 heavy (non-hydrogen) atoms. The highest BCUT2D eigenvalue weighted by molar-refractivity contribution is 7.98. The SMILES string of the molecule is CSc1nc2c(c(C(=O)O)n1)C(O)CCC2. The number of aliphatic hydroxyl groups is 1. The zero-order valence-electron chi connectivity index (χ0n) is 8.80. The molecular formula is C10H12N2O3S.